The van der Waals surface area contributed by atoms with Crippen molar-refractivity contribution in [1.82, 2.24) is 15.1 Å². The number of nitrogens with one attached hydrogen (secondary N) is 1. The van der Waals surface area contributed by atoms with Crippen LogP contribution in [0.4, 0.5) is 0 Å². The van der Waals surface area contributed by atoms with E-state index in [1.165, 1.54) is 12.1 Å². The van der Waals surface area contributed by atoms with Crippen LogP contribution in [0.15, 0.2) is 11.8 Å². The molecule has 0 aromatic rings. The number of rotatable bonds is 6. The number of hydrogen-bond donors (Lipinski definition) is 1. The molecule has 114 valence electrons. The van der Waals surface area contributed by atoms with Crippen LogP contribution in [0.5, 0.6) is 0 Å². The second-order valence-electron chi connectivity index (χ2n) is 5.77. The number of nitrogens with zero attached hydrogens (tertiary/aromatic N) is 2. The Labute approximate surface area is 123 Å². The lowest BCUT2D eigenvalue weighted by Crippen LogP contribution is -2.47. The van der Waals surface area contributed by atoms with Gasteiger partial charge in [0.2, 0.25) is 5.91 Å². The number of amides is 1. The van der Waals surface area contributed by atoms with Crippen molar-refractivity contribution in [3.63, 3.8) is 0 Å². The van der Waals surface area contributed by atoms with Gasteiger partial charge in [0.05, 0.1) is 6.54 Å². The van der Waals surface area contributed by atoms with E-state index in [1.807, 2.05) is 4.90 Å². The minimum absolute atomic E-state index is 0.279. The van der Waals surface area contributed by atoms with E-state index in [9.17, 15) is 4.79 Å². The first-order chi connectivity index (χ1) is 9.76. The van der Waals surface area contributed by atoms with Crippen LogP contribution in [-0.2, 0) is 4.79 Å². The standard InChI is InChI=1S/C16H29N3O/c1-3-18(14-9-11-17-12-10-14)13-16(20)19(4-2)15-7-5-6-8-15/h7,14,17H,3-6,8-13H2,1-2H3. The van der Waals surface area contributed by atoms with Crippen molar-refractivity contribution in [2.75, 3.05) is 32.7 Å². The third-order valence-electron chi connectivity index (χ3n) is 4.55. The smallest absolute Gasteiger partial charge is 0.240 e. The summed E-state index contributed by atoms with van der Waals surface area (Å²) < 4.78 is 0. The normalized spacial score (nSPS) is 20.2. The summed E-state index contributed by atoms with van der Waals surface area (Å²) in [5.74, 6) is 0.279. The molecule has 4 nitrogen and oxygen atoms in total. The molecular weight excluding hydrogens is 250 g/mol. The van der Waals surface area contributed by atoms with Gasteiger partial charge >= 0.3 is 0 Å². The molecule has 0 saturated carbocycles. The molecule has 0 aromatic heterocycles. The zero-order valence-corrected chi connectivity index (χ0v) is 13.0. The molecule has 1 fully saturated rings. The fraction of sp³-hybridized carbons (Fsp3) is 0.812. The molecule has 1 N–H and O–H groups in total. The van der Waals surface area contributed by atoms with Crippen molar-refractivity contribution in [3.05, 3.63) is 11.8 Å². The Hall–Kier alpha value is -0.870. The number of carbonyl (C=O) groups is 1. The number of hydrogen-bond acceptors (Lipinski definition) is 3. The average molecular weight is 279 g/mol. The van der Waals surface area contributed by atoms with Gasteiger partial charge in [-0.25, -0.2) is 0 Å². The Bertz CT molecular complexity index is 348. The molecule has 0 unspecified atom stereocenters. The molecule has 1 amide bonds. The van der Waals surface area contributed by atoms with Gasteiger partial charge in [0.25, 0.3) is 0 Å². The average Bonchev–Trinajstić information content (AvgIpc) is 3.00. The minimum atomic E-state index is 0.279. The molecular formula is C16H29N3O. The highest BCUT2D eigenvalue weighted by Gasteiger charge is 2.25. The third kappa shape index (κ3) is 3.83. The van der Waals surface area contributed by atoms with Gasteiger partial charge < -0.3 is 10.2 Å². The zero-order chi connectivity index (χ0) is 14.4. The van der Waals surface area contributed by atoms with Crippen LogP contribution in [0.25, 0.3) is 0 Å². The molecule has 2 rings (SSSR count). The van der Waals surface area contributed by atoms with Crippen LogP contribution in [0.2, 0.25) is 0 Å². The summed E-state index contributed by atoms with van der Waals surface area (Å²) in [5.41, 5.74) is 1.25. The lowest BCUT2D eigenvalue weighted by molar-refractivity contribution is -0.131. The van der Waals surface area contributed by atoms with Crippen molar-refractivity contribution in [2.45, 2.75) is 52.0 Å². The Balaban J connectivity index is 1.92. The summed E-state index contributed by atoms with van der Waals surface area (Å²) in [6.45, 7) is 8.75. The number of allylic oxidation sites excluding steroid dienone is 2. The van der Waals surface area contributed by atoms with Gasteiger partial charge in [-0.2, -0.15) is 0 Å². The molecule has 0 radical (unpaired) electrons. The van der Waals surface area contributed by atoms with Gasteiger partial charge in [0, 0.05) is 18.3 Å². The summed E-state index contributed by atoms with van der Waals surface area (Å²) in [6, 6.07) is 0.571. The zero-order valence-electron chi connectivity index (χ0n) is 13.0. The maximum absolute atomic E-state index is 12.6. The fourth-order valence-electron chi connectivity index (χ4n) is 3.37. The molecule has 0 atom stereocenters. The van der Waals surface area contributed by atoms with Gasteiger partial charge in [0.15, 0.2) is 0 Å². The van der Waals surface area contributed by atoms with E-state index in [4.69, 9.17) is 0 Å². The topological polar surface area (TPSA) is 35.6 Å². The van der Waals surface area contributed by atoms with Crippen molar-refractivity contribution < 1.29 is 4.79 Å². The summed E-state index contributed by atoms with van der Waals surface area (Å²) in [6.07, 6.45) is 7.96. The van der Waals surface area contributed by atoms with Gasteiger partial charge in [-0.15, -0.1) is 0 Å². The lowest BCUT2D eigenvalue weighted by Gasteiger charge is -2.35. The van der Waals surface area contributed by atoms with Crippen LogP contribution >= 0.6 is 0 Å². The predicted octanol–water partition coefficient (Wildman–Crippen LogP) is 1.98. The maximum atomic E-state index is 12.6. The van der Waals surface area contributed by atoms with Crippen molar-refractivity contribution in [2.24, 2.45) is 0 Å². The van der Waals surface area contributed by atoms with Gasteiger partial charge in [0.1, 0.15) is 0 Å². The quantitative estimate of drug-likeness (QED) is 0.807. The van der Waals surface area contributed by atoms with E-state index < -0.39 is 0 Å². The van der Waals surface area contributed by atoms with E-state index in [-0.39, 0.29) is 5.91 Å². The monoisotopic (exact) mass is 279 g/mol. The molecule has 4 heteroatoms. The van der Waals surface area contributed by atoms with Gasteiger partial charge in [-0.05, 0) is 58.7 Å². The van der Waals surface area contributed by atoms with Crippen LogP contribution in [0.3, 0.4) is 0 Å². The fourth-order valence-corrected chi connectivity index (χ4v) is 3.37. The molecule has 1 heterocycles. The SMILES string of the molecule is CCN(C(=O)CN(CC)C1CCNCC1)C1=CCCC1. The molecule has 0 aromatic carbocycles. The number of carbonyl (C=O) groups excluding carboxylic acids is 1. The molecule has 2 aliphatic rings. The van der Waals surface area contributed by atoms with Crippen LogP contribution in [0, 0.1) is 0 Å². The maximum Gasteiger partial charge on any atom is 0.240 e. The second-order valence-corrected chi connectivity index (χ2v) is 5.77. The minimum Gasteiger partial charge on any atom is -0.317 e. The summed E-state index contributed by atoms with van der Waals surface area (Å²) in [7, 11) is 0. The first-order valence-corrected chi connectivity index (χ1v) is 8.20. The summed E-state index contributed by atoms with van der Waals surface area (Å²) in [5, 5.41) is 3.39. The second kappa shape index (κ2) is 7.79. The number of piperidine rings is 1. The largest absolute Gasteiger partial charge is 0.317 e. The van der Waals surface area contributed by atoms with Crippen molar-refractivity contribution >= 4 is 5.91 Å². The highest BCUT2D eigenvalue weighted by atomic mass is 16.2. The Morgan fingerprint density at radius 2 is 2.05 bits per heavy atom. The van der Waals surface area contributed by atoms with Crippen LogP contribution in [0.1, 0.15) is 46.0 Å². The highest BCUT2D eigenvalue weighted by molar-refractivity contribution is 5.80. The van der Waals surface area contributed by atoms with Crippen molar-refractivity contribution in [3.8, 4) is 0 Å². The molecule has 0 bridgehead atoms. The molecule has 0 spiro atoms. The molecule has 1 saturated heterocycles. The summed E-state index contributed by atoms with van der Waals surface area (Å²) >= 11 is 0. The third-order valence-corrected chi connectivity index (χ3v) is 4.55. The molecule has 20 heavy (non-hydrogen) atoms. The van der Waals surface area contributed by atoms with Crippen LogP contribution < -0.4 is 5.32 Å². The highest BCUT2D eigenvalue weighted by Crippen LogP contribution is 2.22. The van der Waals surface area contributed by atoms with E-state index in [1.54, 1.807) is 0 Å². The van der Waals surface area contributed by atoms with Gasteiger partial charge in [-0.1, -0.05) is 13.0 Å². The van der Waals surface area contributed by atoms with Crippen LogP contribution in [-0.4, -0.2) is 54.5 Å². The Morgan fingerprint density at radius 1 is 1.30 bits per heavy atom. The molecule has 1 aliphatic heterocycles. The predicted molar refractivity (Wildman–Crippen MR) is 82.5 cm³/mol. The van der Waals surface area contributed by atoms with Gasteiger partial charge in [-0.3, -0.25) is 9.69 Å². The van der Waals surface area contributed by atoms with E-state index in [2.05, 4.69) is 30.1 Å². The Kier molecular flexibility index (Phi) is 6.05. The lowest BCUT2D eigenvalue weighted by atomic mass is 10.0. The van der Waals surface area contributed by atoms with E-state index in [0.717, 1.165) is 51.9 Å². The first-order valence-electron chi connectivity index (χ1n) is 8.20. The molecule has 1 aliphatic carbocycles. The van der Waals surface area contributed by atoms with E-state index in [0.29, 0.717) is 12.6 Å². The summed E-state index contributed by atoms with van der Waals surface area (Å²) in [4.78, 5) is 17.0. The number of likely N-dealkylation sites (N-methyl/N-ethyl adjacent to an activating group) is 2. The van der Waals surface area contributed by atoms with Crippen molar-refractivity contribution in [1.29, 1.82) is 0 Å². The Morgan fingerprint density at radius 3 is 2.60 bits per heavy atom. The van der Waals surface area contributed by atoms with E-state index >= 15 is 0 Å². The first kappa shape index (κ1) is 15.5.